The number of anilines is 1. The molecule has 0 aliphatic heterocycles. The van der Waals surface area contributed by atoms with Crippen molar-refractivity contribution in [3.63, 3.8) is 0 Å². The van der Waals surface area contributed by atoms with Crippen molar-refractivity contribution in [2.24, 2.45) is 5.10 Å². The maximum atomic E-state index is 11.0. The van der Waals surface area contributed by atoms with E-state index < -0.39 is 5.97 Å². The summed E-state index contributed by atoms with van der Waals surface area (Å²) in [5.41, 5.74) is 5.67. The molecule has 0 unspecified atom stereocenters. The largest absolute Gasteiger partial charge is 0.478 e. The first-order chi connectivity index (χ1) is 11.6. The summed E-state index contributed by atoms with van der Waals surface area (Å²) in [6, 6.07) is 14.6. The Bertz CT molecular complexity index is 894. The molecule has 3 rings (SSSR count). The summed E-state index contributed by atoms with van der Waals surface area (Å²) in [4.78, 5) is 15.5. The molecule has 0 amide bonds. The zero-order valence-electron chi connectivity index (χ0n) is 12.3. The molecule has 0 atom stereocenters. The van der Waals surface area contributed by atoms with Gasteiger partial charge in [-0.3, -0.25) is 5.43 Å². The van der Waals surface area contributed by atoms with Crippen LogP contribution in [0.15, 0.2) is 63.5 Å². The van der Waals surface area contributed by atoms with E-state index in [4.69, 9.17) is 5.11 Å². The Balaban J connectivity index is 1.72. The molecule has 0 fully saturated rings. The summed E-state index contributed by atoms with van der Waals surface area (Å²) in [6.45, 7) is 0. The molecule has 1 aromatic heterocycles. The number of aromatic carboxylic acids is 1. The lowest BCUT2D eigenvalue weighted by Gasteiger charge is -2.00. The molecule has 5 nitrogen and oxygen atoms in total. The van der Waals surface area contributed by atoms with E-state index in [1.54, 1.807) is 18.3 Å². The molecule has 3 aromatic rings. The summed E-state index contributed by atoms with van der Waals surface area (Å²) < 4.78 is 0.766. The molecule has 0 spiro atoms. The van der Waals surface area contributed by atoms with E-state index >= 15 is 0 Å². The number of hydrogen-bond acceptors (Lipinski definition) is 5. The summed E-state index contributed by atoms with van der Waals surface area (Å²) in [7, 11) is 0. The Morgan fingerprint density at radius 2 is 2.04 bits per heavy atom. The third kappa shape index (κ3) is 3.87. The molecule has 24 heavy (non-hydrogen) atoms. The van der Waals surface area contributed by atoms with Gasteiger partial charge in [-0.1, -0.05) is 46.3 Å². The SMILES string of the molecule is O=C(O)c1ccc(Br)c(C=NNc2nc(-c3ccccc3)cs2)c1. The van der Waals surface area contributed by atoms with Gasteiger partial charge in [-0.05, 0) is 18.2 Å². The topological polar surface area (TPSA) is 74.6 Å². The lowest BCUT2D eigenvalue weighted by Crippen LogP contribution is -1.98. The molecular formula is C17H12BrN3O2S. The number of aromatic nitrogens is 1. The van der Waals surface area contributed by atoms with Gasteiger partial charge in [0.25, 0.3) is 0 Å². The first-order valence-corrected chi connectivity index (χ1v) is 8.63. The zero-order valence-corrected chi connectivity index (χ0v) is 14.7. The van der Waals surface area contributed by atoms with Gasteiger partial charge < -0.3 is 5.11 Å². The fraction of sp³-hybridized carbons (Fsp3) is 0. The zero-order chi connectivity index (χ0) is 16.9. The van der Waals surface area contributed by atoms with Crippen LogP contribution in [0.2, 0.25) is 0 Å². The van der Waals surface area contributed by atoms with Gasteiger partial charge >= 0.3 is 5.97 Å². The van der Waals surface area contributed by atoms with Crippen molar-refractivity contribution in [2.75, 3.05) is 5.43 Å². The van der Waals surface area contributed by atoms with Gasteiger partial charge in [-0.15, -0.1) is 11.3 Å². The van der Waals surface area contributed by atoms with Crippen LogP contribution in [0, 0.1) is 0 Å². The average molecular weight is 402 g/mol. The van der Waals surface area contributed by atoms with Crippen molar-refractivity contribution in [1.29, 1.82) is 0 Å². The van der Waals surface area contributed by atoms with Crippen molar-refractivity contribution < 1.29 is 9.90 Å². The van der Waals surface area contributed by atoms with Gasteiger partial charge in [-0.2, -0.15) is 5.10 Å². The van der Waals surface area contributed by atoms with Crippen LogP contribution in [0.4, 0.5) is 5.13 Å². The van der Waals surface area contributed by atoms with E-state index in [1.807, 2.05) is 35.7 Å². The predicted octanol–water partition coefficient (Wildman–Crippen LogP) is 4.72. The molecule has 0 saturated heterocycles. The standard InChI is InChI=1S/C17H12BrN3O2S/c18-14-7-6-12(16(22)23)8-13(14)9-19-21-17-20-15(10-24-17)11-4-2-1-3-5-11/h1-10H,(H,20,21)(H,22,23). The quantitative estimate of drug-likeness (QED) is 0.479. The molecule has 0 bridgehead atoms. The van der Waals surface area contributed by atoms with Crippen LogP contribution in [-0.4, -0.2) is 22.3 Å². The summed E-state index contributed by atoms with van der Waals surface area (Å²) in [5.74, 6) is -0.975. The van der Waals surface area contributed by atoms with E-state index in [0.717, 1.165) is 15.7 Å². The summed E-state index contributed by atoms with van der Waals surface area (Å²) in [6.07, 6.45) is 1.56. The van der Waals surface area contributed by atoms with Gasteiger partial charge in [0.2, 0.25) is 5.13 Å². The molecule has 2 N–H and O–H groups in total. The number of rotatable bonds is 5. The lowest BCUT2D eigenvalue weighted by molar-refractivity contribution is 0.0697. The van der Waals surface area contributed by atoms with Crippen LogP contribution in [0.5, 0.6) is 0 Å². The smallest absolute Gasteiger partial charge is 0.335 e. The van der Waals surface area contributed by atoms with E-state index in [-0.39, 0.29) is 5.56 Å². The van der Waals surface area contributed by atoms with Gasteiger partial charge in [0.05, 0.1) is 17.5 Å². The van der Waals surface area contributed by atoms with Crippen molar-refractivity contribution in [3.8, 4) is 11.3 Å². The molecule has 0 aliphatic rings. The minimum absolute atomic E-state index is 0.209. The minimum atomic E-state index is -0.975. The molecule has 120 valence electrons. The molecule has 0 saturated carbocycles. The molecule has 0 radical (unpaired) electrons. The van der Waals surface area contributed by atoms with Gasteiger partial charge in [0.15, 0.2) is 0 Å². The molecule has 2 aromatic carbocycles. The lowest BCUT2D eigenvalue weighted by atomic mass is 10.1. The van der Waals surface area contributed by atoms with Crippen LogP contribution >= 0.6 is 27.3 Å². The van der Waals surface area contributed by atoms with Crippen molar-refractivity contribution in [1.82, 2.24) is 4.98 Å². The van der Waals surface area contributed by atoms with Crippen LogP contribution in [0.1, 0.15) is 15.9 Å². The highest BCUT2D eigenvalue weighted by molar-refractivity contribution is 9.10. The predicted molar refractivity (Wildman–Crippen MR) is 99.9 cm³/mol. The Morgan fingerprint density at radius 1 is 1.25 bits per heavy atom. The third-order valence-corrected chi connectivity index (χ3v) is 4.65. The summed E-state index contributed by atoms with van der Waals surface area (Å²) >= 11 is 4.83. The minimum Gasteiger partial charge on any atom is -0.478 e. The van der Waals surface area contributed by atoms with Crippen molar-refractivity contribution in [2.45, 2.75) is 0 Å². The molecule has 0 aliphatic carbocycles. The monoisotopic (exact) mass is 401 g/mol. The molecule has 7 heteroatoms. The number of halogens is 1. The van der Waals surface area contributed by atoms with Crippen molar-refractivity contribution in [3.05, 3.63) is 69.5 Å². The number of nitrogens with zero attached hydrogens (tertiary/aromatic N) is 2. The number of carboxylic acids is 1. The Morgan fingerprint density at radius 3 is 2.79 bits per heavy atom. The first kappa shape index (κ1) is 16.4. The van der Waals surface area contributed by atoms with Crippen molar-refractivity contribution >= 4 is 44.6 Å². The number of nitrogens with one attached hydrogen (secondary N) is 1. The van der Waals surface area contributed by atoms with Gasteiger partial charge in [0, 0.05) is 21.0 Å². The third-order valence-electron chi connectivity index (χ3n) is 3.18. The highest BCUT2D eigenvalue weighted by Crippen LogP contribution is 2.24. The van der Waals surface area contributed by atoms with E-state index in [0.29, 0.717) is 10.7 Å². The van der Waals surface area contributed by atoms with Gasteiger partial charge in [-0.25, -0.2) is 9.78 Å². The van der Waals surface area contributed by atoms with E-state index in [1.165, 1.54) is 17.4 Å². The van der Waals surface area contributed by atoms with Crippen LogP contribution < -0.4 is 5.43 Å². The normalized spacial score (nSPS) is 10.9. The van der Waals surface area contributed by atoms with E-state index in [9.17, 15) is 4.79 Å². The maximum absolute atomic E-state index is 11.0. The van der Waals surface area contributed by atoms with Crippen LogP contribution in [0.25, 0.3) is 11.3 Å². The number of hydrogen-bond donors (Lipinski definition) is 2. The molecule has 1 heterocycles. The number of carboxylic acid groups (broad SMARTS) is 1. The fourth-order valence-electron chi connectivity index (χ4n) is 2.00. The summed E-state index contributed by atoms with van der Waals surface area (Å²) in [5, 5.41) is 15.8. The highest BCUT2D eigenvalue weighted by Gasteiger charge is 2.06. The van der Waals surface area contributed by atoms with E-state index in [2.05, 4.69) is 31.4 Å². The second-order valence-corrected chi connectivity index (χ2v) is 6.53. The molecular weight excluding hydrogens is 390 g/mol. The number of benzene rings is 2. The number of carbonyl (C=O) groups is 1. The van der Waals surface area contributed by atoms with Gasteiger partial charge in [0.1, 0.15) is 0 Å². The maximum Gasteiger partial charge on any atom is 0.335 e. The second kappa shape index (κ2) is 7.37. The first-order valence-electron chi connectivity index (χ1n) is 6.96. The fourth-order valence-corrected chi connectivity index (χ4v) is 3.02. The highest BCUT2D eigenvalue weighted by atomic mass is 79.9. The average Bonchev–Trinajstić information content (AvgIpc) is 3.06. The number of thiazole rings is 1. The Labute approximate surface area is 150 Å². The van der Waals surface area contributed by atoms with Crippen LogP contribution in [0.3, 0.4) is 0 Å². The Kier molecular flexibility index (Phi) is 5.02. The number of hydrazone groups is 1. The second-order valence-electron chi connectivity index (χ2n) is 4.82. The van der Waals surface area contributed by atoms with Crippen LogP contribution in [-0.2, 0) is 0 Å². The Hall–Kier alpha value is -2.51.